The van der Waals surface area contributed by atoms with Crippen molar-refractivity contribution in [1.82, 2.24) is 0 Å². The third-order valence-corrected chi connectivity index (χ3v) is 2.74. The van der Waals surface area contributed by atoms with Gasteiger partial charge in [-0.3, -0.25) is 0 Å². The van der Waals surface area contributed by atoms with E-state index in [4.69, 9.17) is 4.84 Å². The van der Waals surface area contributed by atoms with E-state index in [1.54, 1.807) is 6.21 Å². The van der Waals surface area contributed by atoms with E-state index in [1.165, 1.54) is 5.56 Å². The predicted molar refractivity (Wildman–Crippen MR) is 74.6 cm³/mol. The van der Waals surface area contributed by atoms with Crippen molar-refractivity contribution in [2.45, 2.75) is 20.0 Å². The Labute approximate surface area is 108 Å². The lowest BCUT2D eigenvalue weighted by Crippen LogP contribution is -1.89. The molecule has 0 fully saturated rings. The summed E-state index contributed by atoms with van der Waals surface area (Å²) in [5.41, 5.74) is 3.52. The zero-order chi connectivity index (χ0) is 12.6. The topological polar surface area (TPSA) is 21.6 Å². The van der Waals surface area contributed by atoms with Crippen molar-refractivity contribution in [3.05, 3.63) is 71.3 Å². The average molecular weight is 239 g/mol. The van der Waals surface area contributed by atoms with Crippen LogP contribution in [-0.2, 0) is 17.9 Å². The summed E-state index contributed by atoms with van der Waals surface area (Å²) in [5, 5.41) is 3.95. The summed E-state index contributed by atoms with van der Waals surface area (Å²) >= 11 is 0. The van der Waals surface area contributed by atoms with Crippen LogP contribution in [0.2, 0.25) is 0 Å². The normalized spacial score (nSPS) is 10.7. The lowest BCUT2D eigenvalue weighted by Gasteiger charge is -2.01. The Kier molecular flexibility index (Phi) is 4.53. The Hall–Kier alpha value is -2.09. The molecule has 2 rings (SSSR count). The van der Waals surface area contributed by atoms with Crippen molar-refractivity contribution in [1.29, 1.82) is 0 Å². The smallest absolute Gasteiger partial charge is 0.142 e. The molecule has 2 nitrogen and oxygen atoms in total. The van der Waals surface area contributed by atoms with E-state index >= 15 is 0 Å². The molecule has 0 spiro atoms. The number of benzene rings is 2. The largest absolute Gasteiger partial charge is 0.391 e. The second-order valence-electron chi connectivity index (χ2n) is 4.09. The van der Waals surface area contributed by atoms with E-state index in [-0.39, 0.29) is 0 Å². The molecule has 2 heteroatoms. The van der Waals surface area contributed by atoms with Crippen LogP contribution in [0.15, 0.2) is 59.8 Å². The lowest BCUT2D eigenvalue weighted by molar-refractivity contribution is 0.132. The molecule has 2 aromatic rings. The van der Waals surface area contributed by atoms with Gasteiger partial charge in [-0.05, 0) is 23.1 Å². The first-order chi connectivity index (χ1) is 8.88. The van der Waals surface area contributed by atoms with Gasteiger partial charge in [0.25, 0.3) is 0 Å². The number of hydrogen-bond donors (Lipinski definition) is 0. The fraction of sp³-hybridized carbons (Fsp3) is 0.188. The van der Waals surface area contributed by atoms with Gasteiger partial charge in [-0.1, -0.05) is 66.7 Å². The van der Waals surface area contributed by atoms with Crippen LogP contribution in [-0.4, -0.2) is 6.21 Å². The monoisotopic (exact) mass is 239 g/mol. The van der Waals surface area contributed by atoms with Crippen LogP contribution in [0.5, 0.6) is 0 Å². The number of rotatable bonds is 5. The molecule has 0 aromatic heterocycles. The summed E-state index contributed by atoms with van der Waals surface area (Å²) in [7, 11) is 0. The first kappa shape index (κ1) is 12.4. The summed E-state index contributed by atoms with van der Waals surface area (Å²) in [6.07, 6.45) is 2.79. The summed E-state index contributed by atoms with van der Waals surface area (Å²) in [4.78, 5) is 5.27. The molecule has 0 bridgehead atoms. The highest BCUT2D eigenvalue weighted by molar-refractivity contribution is 5.78. The van der Waals surface area contributed by atoms with Crippen molar-refractivity contribution >= 4 is 6.21 Å². The van der Waals surface area contributed by atoms with Gasteiger partial charge in [-0.15, -0.1) is 0 Å². The quantitative estimate of drug-likeness (QED) is 0.574. The van der Waals surface area contributed by atoms with E-state index in [1.807, 2.05) is 30.3 Å². The number of oxime groups is 1. The number of hydrogen-bond acceptors (Lipinski definition) is 2. The van der Waals surface area contributed by atoms with Crippen molar-refractivity contribution in [2.75, 3.05) is 0 Å². The Morgan fingerprint density at radius 2 is 1.61 bits per heavy atom. The Morgan fingerprint density at radius 3 is 2.28 bits per heavy atom. The highest BCUT2D eigenvalue weighted by Gasteiger charge is 1.93. The summed E-state index contributed by atoms with van der Waals surface area (Å²) in [5.74, 6) is 0. The second-order valence-corrected chi connectivity index (χ2v) is 4.09. The second kappa shape index (κ2) is 6.60. The van der Waals surface area contributed by atoms with Gasteiger partial charge < -0.3 is 4.84 Å². The third-order valence-electron chi connectivity index (χ3n) is 2.74. The van der Waals surface area contributed by atoms with Crippen LogP contribution in [0.1, 0.15) is 23.6 Å². The molecule has 0 atom stereocenters. The molecule has 92 valence electrons. The summed E-state index contributed by atoms with van der Waals surface area (Å²) in [6.45, 7) is 2.66. The molecular weight excluding hydrogens is 222 g/mol. The molecule has 0 saturated carbocycles. The van der Waals surface area contributed by atoms with Crippen molar-refractivity contribution in [2.24, 2.45) is 5.16 Å². The van der Waals surface area contributed by atoms with E-state index in [2.05, 4.69) is 36.3 Å². The summed E-state index contributed by atoms with van der Waals surface area (Å²) in [6, 6.07) is 18.3. The van der Waals surface area contributed by atoms with E-state index in [0.29, 0.717) is 6.61 Å². The minimum absolute atomic E-state index is 0.507. The third kappa shape index (κ3) is 3.74. The Morgan fingerprint density at radius 1 is 0.944 bits per heavy atom. The summed E-state index contributed by atoms with van der Waals surface area (Å²) < 4.78 is 0. The predicted octanol–water partition coefficient (Wildman–Crippen LogP) is 3.80. The van der Waals surface area contributed by atoms with Crippen molar-refractivity contribution in [3.8, 4) is 0 Å². The van der Waals surface area contributed by atoms with Crippen LogP contribution in [0.4, 0.5) is 0 Å². The Balaban J connectivity index is 1.83. The van der Waals surface area contributed by atoms with E-state index in [9.17, 15) is 0 Å². The average Bonchev–Trinajstić information content (AvgIpc) is 2.45. The van der Waals surface area contributed by atoms with Gasteiger partial charge in [-0.25, -0.2) is 0 Å². The molecule has 0 unspecified atom stereocenters. The van der Waals surface area contributed by atoms with E-state index < -0.39 is 0 Å². The maximum Gasteiger partial charge on any atom is 0.142 e. The van der Waals surface area contributed by atoms with Gasteiger partial charge in [0.2, 0.25) is 0 Å². The van der Waals surface area contributed by atoms with Crippen molar-refractivity contribution in [3.63, 3.8) is 0 Å². The van der Waals surface area contributed by atoms with Gasteiger partial charge in [0.15, 0.2) is 0 Å². The maximum absolute atomic E-state index is 5.27. The van der Waals surface area contributed by atoms with Crippen LogP contribution in [0.3, 0.4) is 0 Å². The van der Waals surface area contributed by atoms with E-state index in [0.717, 1.165) is 17.5 Å². The molecule has 0 aliphatic rings. The van der Waals surface area contributed by atoms with Gasteiger partial charge in [-0.2, -0.15) is 0 Å². The highest BCUT2D eigenvalue weighted by Crippen LogP contribution is 2.06. The van der Waals surface area contributed by atoms with Crippen molar-refractivity contribution < 1.29 is 4.84 Å². The molecule has 0 saturated heterocycles. The Bertz CT molecular complexity index is 488. The molecule has 18 heavy (non-hydrogen) atoms. The lowest BCUT2D eigenvalue weighted by atomic mass is 10.1. The molecule has 2 aromatic carbocycles. The van der Waals surface area contributed by atoms with Crippen LogP contribution in [0.25, 0.3) is 0 Å². The molecule has 0 aliphatic heterocycles. The zero-order valence-electron chi connectivity index (χ0n) is 10.5. The molecule has 0 aliphatic carbocycles. The van der Waals surface area contributed by atoms with Crippen LogP contribution >= 0.6 is 0 Å². The van der Waals surface area contributed by atoms with Crippen LogP contribution < -0.4 is 0 Å². The highest BCUT2D eigenvalue weighted by atomic mass is 16.6. The first-order valence-electron chi connectivity index (χ1n) is 6.16. The first-order valence-corrected chi connectivity index (χ1v) is 6.16. The van der Waals surface area contributed by atoms with Gasteiger partial charge in [0.05, 0.1) is 6.21 Å². The fourth-order valence-corrected chi connectivity index (χ4v) is 1.62. The molecule has 0 N–H and O–H groups in total. The fourth-order valence-electron chi connectivity index (χ4n) is 1.62. The van der Waals surface area contributed by atoms with Crippen LogP contribution in [0, 0.1) is 0 Å². The maximum atomic E-state index is 5.27. The minimum atomic E-state index is 0.507. The molecule has 0 heterocycles. The standard InChI is InChI=1S/C16H17NO/c1-2-14-8-10-16(11-9-14)13-18-17-12-15-6-4-3-5-7-15/h3-12H,2,13H2,1H3. The number of nitrogens with zero attached hydrogens (tertiary/aromatic N) is 1. The zero-order valence-corrected chi connectivity index (χ0v) is 10.5. The SMILES string of the molecule is CCc1ccc(CON=Cc2ccccc2)cc1. The molecular formula is C16H17NO. The van der Waals surface area contributed by atoms with Gasteiger partial charge in [0, 0.05) is 0 Å². The van der Waals surface area contributed by atoms with Gasteiger partial charge in [0.1, 0.15) is 6.61 Å². The molecule has 0 radical (unpaired) electrons. The molecule has 0 amide bonds. The number of aryl methyl sites for hydroxylation is 1. The van der Waals surface area contributed by atoms with Gasteiger partial charge >= 0.3 is 0 Å². The minimum Gasteiger partial charge on any atom is -0.391 e.